The van der Waals surface area contributed by atoms with Crippen LogP contribution in [0.4, 0.5) is 0 Å². The van der Waals surface area contributed by atoms with Gasteiger partial charge in [-0.1, -0.05) is 102 Å². The fraction of sp³-hybridized carbons (Fsp3) is 0.235. The second-order valence-electron chi connectivity index (χ2n) is 10.2. The van der Waals surface area contributed by atoms with Gasteiger partial charge >= 0.3 is 11.3 Å². The van der Waals surface area contributed by atoms with Crippen LogP contribution in [0.5, 0.6) is 0 Å². The van der Waals surface area contributed by atoms with Crippen LogP contribution in [0.15, 0.2) is 106 Å². The van der Waals surface area contributed by atoms with Gasteiger partial charge in [-0.25, -0.2) is 9.59 Å². The first-order valence-corrected chi connectivity index (χ1v) is 17.0. The molecule has 0 radical (unpaired) electrons. The predicted molar refractivity (Wildman–Crippen MR) is 192 cm³/mol. The molecule has 244 valence electrons. The lowest BCUT2D eigenvalue weighted by Crippen LogP contribution is -2.14. The number of halogens is 1. The summed E-state index contributed by atoms with van der Waals surface area (Å²) in [5.74, 6) is 0. The van der Waals surface area contributed by atoms with Crippen LogP contribution in [0, 0.1) is 4.77 Å². The molecule has 0 saturated carbocycles. The van der Waals surface area contributed by atoms with Gasteiger partial charge in [0.25, 0.3) is 11.1 Å². The van der Waals surface area contributed by atoms with E-state index in [1.165, 1.54) is 29.5 Å². The van der Waals surface area contributed by atoms with Gasteiger partial charge in [-0.05, 0) is 61.2 Å². The van der Waals surface area contributed by atoms with Crippen molar-refractivity contribution in [1.29, 1.82) is 0 Å². The minimum absolute atomic E-state index is 0.0980. The molecule has 2 atom stereocenters. The van der Waals surface area contributed by atoms with Crippen LogP contribution in [0.25, 0.3) is 22.2 Å². The first-order valence-electron chi connectivity index (χ1n) is 14.8. The van der Waals surface area contributed by atoms with Gasteiger partial charge in [-0.2, -0.15) is 4.98 Å². The van der Waals surface area contributed by atoms with Crippen LogP contribution in [0.3, 0.4) is 0 Å². The van der Waals surface area contributed by atoms with Crippen LogP contribution >= 0.6 is 39.9 Å². The van der Waals surface area contributed by atoms with E-state index in [0.29, 0.717) is 44.7 Å². The van der Waals surface area contributed by atoms with Crippen molar-refractivity contribution >= 4 is 62.1 Å². The number of aryl methyl sites for hydroxylation is 2. The Balaban J connectivity index is 0.000000178. The number of nitrogens with zero attached hydrogens (tertiary/aromatic N) is 1. The molecule has 13 heteroatoms. The van der Waals surface area contributed by atoms with Gasteiger partial charge in [-0.3, -0.25) is 14.6 Å². The molecule has 0 saturated heterocycles. The smallest absolute Gasteiger partial charge is 0.337 e. The summed E-state index contributed by atoms with van der Waals surface area (Å²) in [6.07, 6.45) is 1.15. The molecule has 0 aliphatic carbocycles. The SMILES string of the molecule is CC(Br)c1ccccc1.CCc1cc(=O)oc2[nH]c(=S)[nH]c(=O)c12.CCc1cc(=O)oc2nc(SC(C)c3ccccc3)[nH]c(=O)c12. The van der Waals surface area contributed by atoms with Crippen molar-refractivity contribution in [3.05, 3.63) is 141 Å². The highest BCUT2D eigenvalue weighted by Crippen LogP contribution is 2.32. The molecule has 6 rings (SSSR count). The van der Waals surface area contributed by atoms with E-state index < -0.39 is 11.3 Å². The number of fused-ring (bicyclic) bond motifs is 2. The second-order valence-corrected chi connectivity index (χ2v) is 13.4. The minimum atomic E-state index is -0.490. The highest BCUT2D eigenvalue weighted by Gasteiger charge is 2.15. The third kappa shape index (κ3) is 9.37. The molecule has 10 nitrogen and oxygen atoms in total. The number of H-pyrrole nitrogens is 3. The van der Waals surface area contributed by atoms with Crippen molar-refractivity contribution in [3.63, 3.8) is 0 Å². The van der Waals surface area contributed by atoms with E-state index in [0.717, 1.165) is 5.56 Å². The van der Waals surface area contributed by atoms with Crippen LogP contribution < -0.4 is 22.4 Å². The van der Waals surface area contributed by atoms with E-state index in [1.54, 1.807) is 0 Å². The van der Waals surface area contributed by atoms with E-state index in [9.17, 15) is 19.2 Å². The summed E-state index contributed by atoms with van der Waals surface area (Å²) in [6.45, 7) is 7.89. The zero-order valence-corrected chi connectivity index (χ0v) is 29.3. The summed E-state index contributed by atoms with van der Waals surface area (Å²) >= 11 is 9.68. The Morgan fingerprint density at radius 1 is 0.766 bits per heavy atom. The number of aromatic amines is 3. The van der Waals surface area contributed by atoms with Crippen molar-refractivity contribution < 1.29 is 8.83 Å². The summed E-state index contributed by atoms with van der Waals surface area (Å²) in [5, 5.41) is 1.25. The molecule has 0 bridgehead atoms. The van der Waals surface area contributed by atoms with Crippen molar-refractivity contribution in [2.24, 2.45) is 0 Å². The average Bonchev–Trinajstić information content (AvgIpc) is 3.04. The van der Waals surface area contributed by atoms with E-state index >= 15 is 0 Å². The zero-order chi connectivity index (χ0) is 34.1. The number of aromatic nitrogens is 4. The fourth-order valence-corrected chi connectivity index (χ4v) is 6.00. The molecule has 0 aliphatic heterocycles. The lowest BCUT2D eigenvalue weighted by Gasteiger charge is -2.11. The van der Waals surface area contributed by atoms with E-state index in [1.807, 2.05) is 69.3 Å². The molecule has 0 amide bonds. The first-order chi connectivity index (χ1) is 22.5. The molecule has 0 spiro atoms. The first kappa shape index (κ1) is 35.5. The fourth-order valence-electron chi connectivity index (χ4n) is 4.60. The molecular formula is C34H33BrN4O6S2. The Labute approximate surface area is 286 Å². The van der Waals surface area contributed by atoms with E-state index in [4.69, 9.17) is 21.1 Å². The Morgan fingerprint density at radius 2 is 1.30 bits per heavy atom. The summed E-state index contributed by atoms with van der Waals surface area (Å²) in [7, 11) is 0. The van der Waals surface area contributed by atoms with E-state index in [-0.39, 0.29) is 32.6 Å². The van der Waals surface area contributed by atoms with Crippen LogP contribution in [0.1, 0.15) is 60.0 Å². The molecule has 3 N–H and O–H groups in total. The number of rotatable bonds is 6. The van der Waals surface area contributed by atoms with Crippen molar-refractivity contribution in [2.75, 3.05) is 0 Å². The summed E-state index contributed by atoms with van der Waals surface area (Å²) in [6, 6.07) is 22.9. The van der Waals surface area contributed by atoms with Gasteiger partial charge in [0.05, 0.1) is 0 Å². The molecule has 0 aliphatic rings. The normalized spacial score (nSPS) is 12.0. The lowest BCUT2D eigenvalue weighted by molar-refractivity contribution is 0.541. The van der Waals surface area contributed by atoms with Crippen molar-refractivity contribution in [2.45, 2.75) is 55.8 Å². The number of nitrogens with one attached hydrogen (secondary N) is 3. The number of hydrogen-bond donors (Lipinski definition) is 3. The van der Waals surface area contributed by atoms with Crippen LogP contribution in [-0.2, 0) is 12.8 Å². The predicted octanol–water partition coefficient (Wildman–Crippen LogP) is 7.54. The molecule has 4 aromatic heterocycles. The number of hydrogen-bond acceptors (Lipinski definition) is 9. The summed E-state index contributed by atoms with van der Waals surface area (Å²) < 4.78 is 10.1. The topological polar surface area (TPSA) is 155 Å². The summed E-state index contributed by atoms with van der Waals surface area (Å²) in [5.41, 5.74) is 2.39. The largest absolute Gasteiger partial charge is 0.405 e. The standard InChI is InChI=1S/C17H16N2O3S.C9H8N2O3S.C8H9Br/c1-3-11-9-13(20)22-16-14(11)15(21)18-17(19-16)23-10(2)12-7-5-4-6-8-12;1-2-4-3-5(12)14-8-6(4)7(13)10-9(15)11-8;1-7(9)8-5-3-2-4-6-8/h4-10H,3H2,1-2H3,(H,18,19,21);3H,2H2,1H3,(H2,10,11,13,15);2-7H,1H3. The number of benzene rings is 2. The quantitative estimate of drug-likeness (QED) is 0.0681. The maximum atomic E-state index is 12.3. The average molecular weight is 738 g/mol. The molecule has 2 aromatic carbocycles. The van der Waals surface area contributed by atoms with Gasteiger partial charge in [-0.15, -0.1) is 0 Å². The van der Waals surface area contributed by atoms with Crippen LogP contribution in [0.2, 0.25) is 0 Å². The molecule has 47 heavy (non-hydrogen) atoms. The highest BCUT2D eigenvalue weighted by atomic mass is 79.9. The third-order valence-electron chi connectivity index (χ3n) is 6.98. The van der Waals surface area contributed by atoms with Gasteiger partial charge in [0.2, 0.25) is 11.4 Å². The Hall–Kier alpha value is -4.33. The number of thioether (sulfide) groups is 1. The highest BCUT2D eigenvalue weighted by molar-refractivity contribution is 9.09. The lowest BCUT2D eigenvalue weighted by atomic mass is 10.1. The van der Waals surface area contributed by atoms with Gasteiger partial charge in [0.1, 0.15) is 10.8 Å². The van der Waals surface area contributed by atoms with Gasteiger partial charge < -0.3 is 18.8 Å². The van der Waals surface area contributed by atoms with Gasteiger partial charge in [0.15, 0.2) is 9.93 Å². The van der Waals surface area contributed by atoms with E-state index in [2.05, 4.69) is 54.9 Å². The van der Waals surface area contributed by atoms with Crippen molar-refractivity contribution in [3.8, 4) is 0 Å². The molecule has 4 heterocycles. The maximum Gasteiger partial charge on any atom is 0.337 e. The molecule has 0 fully saturated rings. The Morgan fingerprint density at radius 3 is 1.85 bits per heavy atom. The maximum absolute atomic E-state index is 12.3. The van der Waals surface area contributed by atoms with Crippen molar-refractivity contribution in [1.82, 2.24) is 19.9 Å². The minimum Gasteiger partial charge on any atom is -0.405 e. The third-order valence-corrected chi connectivity index (χ3v) is 8.75. The Bertz CT molecular complexity index is 2260. The zero-order valence-electron chi connectivity index (χ0n) is 26.1. The Kier molecular flexibility index (Phi) is 12.5. The molecule has 2 unspecified atom stereocenters. The number of alkyl halides is 1. The van der Waals surface area contributed by atoms with Gasteiger partial charge in [0, 0.05) is 22.2 Å². The summed E-state index contributed by atoms with van der Waals surface area (Å²) in [4.78, 5) is 59.3. The van der Waals surface area contributed by atoms with Crippen LogP contribution in [-0.4, -0.2) is 19.9 Å². The second kappa shape index (κ2) is 16.5. The molecular weight excluding hydrogens is 704 g/mol. The molecule has 6 aromatic rings. The monoisotopic (exact) mass is 736 g/mol.